The molecule has 0 aliphatic heterocycles. The summed E-state index contributed by atoms with van der Waals surface area (Å²) in [5.74, 6) is -0.0533. The highest BCUT2D eigenvalue weighted by molar-refractivity contribution is 5.94. The topological polar surface area (TPSA) is 41.1 Å². The molecule has 0 aromatic heterocycles. The average Bonchev–Trinajstić information content (AvgIpc) is 2.19. The van der Waals surface area contributed by atoms with Crippen molar-refractivity contribution in [2.45, 2.75) is 13.1 Å². The lowest BCUT2D eigenvalue weighted by atomic mass is 10.2. The van der Waals surface area contributed by atoms with Crippen LogP contribution in [0.5, 0.6) is 0 Å². The van der Waals surface area contributed by atoms with Crippen LogP contribution in [0.25, 0.3) is 0 Å². The quantitative estimate of drug-likeness (QED) is 0.677. The van der Waals surface area contributed by atoms with Gasteiger partial charge in [-0.25, -0.2) is 0 Å². The molecule has 1 unspecified atom stereocenters. The van der Waals surface area contributed by atoms with Crippen molar-refractivity contribution in [1.82, 2.24) is 10.6 Å². The van der Waals surface area contributed by atoms with Crippen LogP contribution in [0.1, 0.15) is 17.3 Å². The Morgan fingerprint density at radius 3 is 2.46 bits per heavy atom. The molecule has 0 fully saturated rings. The summed E-state index contributed by atoms with van der Waals surface area (Å²) in [6, 6.07) is 9.16. The van der Waals surface area contributed by atoms with Gasteiger partial charge in [-0.3, -0.25) is 4.79 Å². The van der Waals surface area contributed by atoms with Crippen molar-refractivity contribution in [3.63, 3.8) is 0 Å². The molecule has 13 heavy (non-hydrogen) atoms. The van der Waals surface area contributed by atoms with Gasteiger partial charge in [0.05, 0.1) is 6.17 Å². The minimum Gasteiger partial charge on any atom is -0.337 e. The van der Waals surface area contributed by atoms with Crippen LogP contribution in [0, 0.1) is 0 Å². The monoisotopic (exact) mass is 178 g/mol. The van der Waals surface area contributed by atoms with E-state index in [0.29, 0.717) is 5.56 Å². The molecule has 0 spiro atoms. The highest BCUT2D eigenvalue weighted by Gasteiger charge is 2.06. The Balaban J connectivity index is 2.59. The predicted molar refractivity (Wildman–Crippen MR) is 52.4 cm³/mol. The van der Waals surface area contributed by atoms with E-state index in [9.17, 15) is 4.79 Å². The number of hydrogen-bond donors (Lipinski definition) is 2. The second-order valence-electron chi connectivity index (χ2n) is 2.85. The van der Waals surface area contributed by atoms with E-state index in [1.54, 1.807) is 19.2 Å². The van der Waals surface area contributed by atoms with Crippen molar-refractivity contribution in [3.8, 4) is 0 Å². The lowest BCUT2D eigenvalue weighted by Gasteiger charge is -2.12. The third kappa shape index (κ3) is 2.87. The van der Waals surface area contributed by atoms with Crippen LogP contribution in [0.4, 0.5) is 0 Å². The predicted octanol–water partition coefficient (Wildman–Crippen LogP) is 0.982. The van der Waals surface area contributed by atoms with Crippen molar-refractivity contribution in [2.75, 3.05) is 7.05 Å². The summed E-state index contributed by atoms with van der Waals surface area (Å²) in [5, 5.41) is 5.73. The molecule has 3 heteroatoms. The van der Waals surface area contributed by atoms with Crippen molar-refractivity contribution in [2.24, 2.45) is 0 Å². The molecular weight excluding hydrogens is 164 g/mol. The number of carbonyl (C=O) groups is 1. The Bertz CT molecular complexity index is 272. The van der Waals surface area contributed by atoms with Crippen LogP contribution < -0.4 is 10.6 Å². The number of rotatable bonds is 3. The van der Waals surface area contributed by atoms with Crippen LogP contribution in [0.15, 0.2) is 30.3 Å². The Labute approximate surface area is 78.2 Å². The highest BCUT2D eigenvalue weighted by atomic mass is 16.1. The maximum atomic E-state index is 11.5. The van der Waals surface area contributed by atoms with Gasteiger partial charge in [0.1, 0.15) is 0 Å². The fourth-order valence-electron chi connectivity index (χ4n) is 0.942. The van der Waals surface area contributed by atoms with Crippen molar-refractivity contribution in [3.05, 3.63) is 35.9 Å². The molecule has 1 aromatic carbocycles. The first-order valence-electron chi connectivity index (χ1n) is 4.27. The van der Waals surface area contributed by atoms with Crippen LogP contribution in [-0.4, -0.2) is 19.1 Å². The van der Waals surface area contributed by atoms with E-state index in [0.717, 1.165) is 0 Å². The zero-order valence-electron chi connectivity index (χ0n) is 7.87. The summed E-state index contributed by atoms with van der Waals surface area (Å²) in [7, 11) is 1.80. The molecule has 0 bridgehead atoms. The molecule has 70 valence electrons. The van der Waals surface area contributed by atoms with Gasteiger partial charge in [0.2, 0.25) is 0 Å². The molecule has 0 aliphatic carbocycles. The second-order valence-corrected chi connectivity index (χ2v) is 2.85. The second kappa shape index (κ2) is 4.62. The number of amides is 1. The maximum absolute atomic E-state index is 11.5. The number of benzene rings is 1. The zero-order chi connectivity index (χ0) is 9.68. The van der Waals surface area contributed by atoms with Gasteiger partial charge in [0.25, 0.3) is 5.91 Å². The summed E-state index contributed by atoms with van der Waals surface area (Å²) in [6.45, 7) is 1.89. The molecule has 2 N–H and O–H groups in total. The lowest BCUT2D eigenvalue weighted by molar-refractivity contribution is 0.0935. The fraction of sp³-hybridized carbons (Fsp3) is 0.300. The largest absolute Gasteiger partial charge is 0.337 e. The number of nitrogens with one attached hydrogen (secondary N) is 2. The van der Waals surface area contributed by atoms with Gasteiger partial charge in [-0.05, 0) is 26.1 Å². The standard InChI is InChI=1S/C10H14N2O/c1-8(11-2)12-10(13)9-6-4-3-5-7-9/h3-8,11H,1-2H3,(H,12,13). The molecular formula is C10H14N2O. The first-order chi connectivity index (χ1) is 6.24. The van der Waals surface area contributed by atoms with Gasteiger partial charge in [-0.15, -0.1) is 0 Å². The van der Waals surface area contributed by atoms with Gasteiger partial charge < -0.3 is 10.6 Å². The van der Waals surface area contributed by atoms with E-state index in [1.165, 1.54) is 0 Å². The summed E-state index contributed by atoms with van der Waals surface area (Å²) in [4.78, 5) is 11.5. The van der Waals surface area contributed by atoms with Crippen LogP contribution in [-0.2, 0) is 0 Å². The smallest absolute Gasteiger partial charge is 0.252 e. The van der Waals surface area contributed by atoms with Crippen LogP contribution >= 0.6 is 0 Å². The summed E-state index contributed by atoms with van der Waals surface area (Å²) >= 11 is 0. The van der Waals surface area contributed by atoms with Gasteiger partial charge in [0.15, 0.2) is 0 Å². The normalized spacial score (nSPS) is 12.2. The van der Waals surface area contributed by atoms with Crippen molar-refractivity contribution >= 4 is 5.91 Å². The maximum Gasteiger partial charge on any atom is 0.252 e. The van der Waals surface area contributed by atoms with E-state index in [1.807, 2.05) is 25.1 Å². The van der Waals surface area contributed by atoms with Gasteiger partial charge in [0, 0.05) is 5.56 Å². The van der Waals surface area contributed by atoms with Crippen molar-refractivity contribution < 1.29 is 4.79 Å². The Morgan fingerprint density at radius 2 is 1.92 bits per heavy atom. The van der Waals surface area contributed by atoms with Crippen LogP contribution in [0.3, 0.4) is 0 Å². The third-order valence-corrected chi connectivity index (χ3v) is 1.82. The average molecular weight is 178 g/mol. The molecule has 0 radical (unpaired) electrons. The fourth-order valence-corrected chi connectivity index (χ4v) is 0.942. The first kappa shape index (κ1) is 9.74. The molecule has 0 aliphatic rings. The highest BCUT2D eigenvalue weighted by Crippen LogP contribution is 1.97. The zero-order valence-corrected chi connectivity index (χ0v) is 7.87. The molecule has 1 rings (SSSR count). The lowest BCUT2D eigenvalue weighted by Crippen LogP contribution is -2.41. The van der Waals surface area contributed by atoms with Crippen LogP contribution in [0.2, 0.25) is 0 Å². The molecule has 3 nitrogen and oxygen atoms in total. The van der Waals surface area contributed by atoms with E-state index in [4.69, 9.17) is 0 Å². The minimum atomic E-state index is -0.0533. The van der Waals surface area contributed by atoms with E-state index < -0.39 is 0 Å². The van der Waals surface area contributed by atoms with Gasteiger partial charge in [-0.2, -0.15) is 0 Å². The summed E-state index contributed by atoms with van der Waals surface area (Å²) in [6.07, 6.45) is -0.00675. The molecule has 0 saturated carbocycles. The SMILES string of the molecule is CNC(C)NC(=O)c1ccccc1. The van der Waals surface area contributed by atoms with E-state index >= 15 is 0 Å². The molecule has 0 saturated heterocycles. The Hall–Kier alpha value is -1.35. The molecule has 1 aromatic rings. The summed E-state index contributed by atoms with van der Waals surface area (Å²) in [5.41, 5.74) is 0.685. The molecule has 0 heterocycles. The van der Waals surface area contributed by atoms with E-state index in [2.05, 4.69) is 10.6 Å². The Kier molecular flexibility index (Phi) is 3.46. The minimum absolute atomic E-state index is 0.00675. The molecule has 1 atom stereocenters. The summed E-state index contributed by atoms with van der Waals surface area (Å²) < 4.78 is 0. The Morgan fingerprint density at radius 1 is 1.31 bits per heavy atom. The third-order valence-electron chi connectivity index (χ3n) is 1.82. The van der Waals surface area contributed by atoms with Gasteiger partial charge >= 0.3 is 0 Å². The number of carbonyl (C=O) groups excluding carboxylic acids is 1. The van der Waals surface area contributed by atoms with E-state index in [-0.39, 0.29) is 12.1 Å². The molecule has 1 amide bonds. The van der Waals surface area contributed by atoms with Crippen molar-refractivity contribution in [1.29, 1.82) is 0 Å². The first-order valence-corrected chi connectivity index (χ1v) is 4.27. The van der Waals surface area contributed by atoms with Gasteiger partial charge in [-0.1, -0.05) is 18.2 Å². The number of hydrogen-bond acceptors (Lipinski definition) is 2.